The molecule has 15 heavy (non-hydrogen) atoms. The Balaban J connectivity index is 1.93. The molecule has 0 aromatic heterocycles. The van der Waals surface area contributed by atoms with Gasteiger partial charge >= 0.3 is 0 Å². The molecular weight excluding hydrogens is 192 g/mol. The molecule has 0 saturated carbocycles. The van der Waals surface area contributed by atoms with Crippen LogP contribution in [-0.2, 0) is 9.53 Å². The third kappa shape index (κ3) is 2.32. The fourth-order valence-corrected chi connectivity index (χ4v) is 2.46. The van der Waals surface area contributed by atoms with Crippen LogP contribution in [0.4, 0.5) is 0 Å². The lowest BCUT2D eigenvalue weighted by Crippen LogP contribution is -2.50. The molecular formula is C11H20N2O2. The van der Waals surface area contributed by atoms with Gasteiger partial charge in [-0.05, 0) is 19.3 Å². The van der Waals surface area contributed by atoms with Crippen LogP contribution < -0.4 is 5.32 Å². The summed E-state index contributed by atoms with van der Waals surface area (Å²) in [5.41, 5.74) is 0. The van der Waals surface area contributed by atoms with Crippen LogP contribution in [0.25, 0.3) is 0 Å². The first kappa shape index (κ1) is 10.9. The van der Waals surface area contributed by atoms with Crippen LogP contribution in [-0.4, -0.2) is 49.2 Å². The number of carbonyl (C=O) groups excluding carboxylic acids is 1. The highest BCUT2D eigenvalue weighted by molar-refractivity contribution is 5.81. The van der Waals surface area contributed by atoms with E-state index in [1.165, 1.54) is 0 Å². The van der Waals surface area contributed by atoms with Crippen molar-refractivity contribution in [2.45, 2.75) is 38.3 Å². The van der Waals surface area contributed by atoms with E-state index in [1.54, 1.807) is 0 Å². The summed E-state index contributed by atoms with van der Waals surface area (Å²) < 4.78 is 5.49. The molecule has 0 spiro atoms. The summed E-state index contributed by atoms with van der Waals surface area (Å²) in [5, 5.41) is 3.20. The molecule has 2 aliphatic rings. The van der Waals surface area contributed by atoms with Gasteiger partial charge in [0.2, 0.25) is 0 Å². The predicted octanol–water partition coefficient (Wildman–Crippen LogP) is 0.376. The Morgan fingerprint density at radius 1 is 1.60 bits per heavy atom. The van der Waals surface area contributed by atoms with Crippen molar-refractivity contribution in [2.24, 2.45) is 0 Å². The van der Waals surface area contributed by atoms with Gasteiger partial charge in [0, 0.05) is 25.7 Å². The molecule has 1 amide bonds. The van der Waals surface area contributed by atoms with E-state index in [1.807, 2.05) is 4.90 Å². The van der Waals surface area contributed by atoms with Crippen molar-refractivity contribution in [3.05, 3.63) is 0 Å². The number of ether oxygens (including phenoxy) is 1. The van der Waals surface area contributed by atoms with E-state index in [9.17, 15) is 4.79 Å². The van der Waals surface area contributed by atoms with Crippen molar-refractivity contribution in [3.63, 3.8) is 0 Å². The second-order valence-corrected chi connectivity index (χ2v) is 4.30. The minimum Gasteiger partial charge on any atom is -0.366 e. The highest BCUT2D eigenvalue weighted by atomic mass is 16.5. The molecule has 2 heterocycles. The Kier molecular flexibility index (Phi) is 3.59. The Hall–Kier alpha value is -0.610. The largest absolute Gasteiger partial charge is 0.366 e. The molecule has 0 aromatic carbocycles. The molecule has 0 radical (unpaired) electrons. The highest BCUT2D eigenvalue weighted by Gasteiger charge is 2.33. The zero-order valence-electron chi connectivity index (χ0n) is 9.37. The summed E-state index contributed by atoms with van der Waals surface area (Å²) in [6.45, 7) is 5.25. The number of morpholine rings is 1. The quantitative estimate of drug-likeness (QED) is 0.719. The Morgan fingerprint density at radius 2 is 2.47 bits per heavy atom. The number of rotatable bonds is 2. The molecule has 0 aliphatic carbocycles. The standard InChI is InChI=1S/C11H20N2O2/c1-2-9-4-3-6-13(9)11(14)10-8-12-5-7-15-10/h9-10,12H,2-8H2,1H3/t9?,10-/m1/s1. The number of carbonyl (C=O) groups is 1. The molecule has 4 heteroatoms. The first-order valence-corrected chi connectivity index (χ1v) is 5.95. The summed E-state index contributed by atoms with van der Waals surface area (Å²) in [6, 6.07) is 0.447. The molecule has 1 unspecified atom stereocenters. The first-order chi connectivity index (χ1) is 7.33. The summed E-state index contributed by atoms with van der Waals surface area (Å²) in [6.07, 6.45) is 3.12. The molecule has 2 atom stereocenters. The van der Waals surface area contributed by atoms with Crippen LogP contribution in [0.1, 0.15) is 26.2 Å². The van der Waals surface area contributed by atoms with Crippen molar-refractivity contribution in [1.29, 1.82) is 0 Å². The van der Waals surface area contributed by atoms with Gasteiger partial charge in [-0.15, -0.1) is 0 Å². The Morgan fingerprint density at radius 3 is 3.13 bits per heavy atom. The van der Waals surface area contributed by atoms with Gasteiger partial charge in [0.1, 0.15) is 6.10 Å². The number of amides is 1. The average molecular weight is 212 g/mol. The topological polar surface area (TPSA) is 41.6 Å². The fraction of sp³-hybridized carbons (Fsp3) is 0.909. The van der Waals surface area contributed by atoms with Crippen molar-refractivity contribution >= 4 is 5.91 Å². The molecule has 2 aliphatic heterocycles. The van der Waals surface area contributed by atoms with Crippen LogP contribution in [0.3, 0.4) is 0 Å². The molecule has 2 fully saturated rings. The summed E-state index contributed by atoms with van der Waals surface area (Å²) in [5.74, 6) is 0.187. The van der Waals surface area contributed by atoms with Gasteiger partial charge in [-0.3, -0.25) is 4.79 Å². The van der Waals surface area contributed by atoms with Crippen LogP contribution in [0.2, 0.25) is 0 Å². The van der Waals surface area contributed by atoms with Crippen LogP contribution in [0.15, 0.2) is 0 Å². The van der Waals surface area contributed by atoms with Gasteiger partial charge in [0.25, 0.3) is 5.91 Å². The molecule has 86 valence electrons. The van der Waals surface area contributed by atoms with Gasteiger partial charge in [0.05, 0.1) is 6.61 Å². The minimum atomic E-state index is -0.245. The zero-order valence-corrected chi connectivity index (χ0v) is 9.37. The third-order valence-corrected chi connectivity index (χ3v) is 3.33. The number of nitrogens with one attached hydrogen (secondary N) is 1. The van der Waals surface area contributed by atoms with Crippen LogP contribution in [0.5, 0.6) is 0 Å². The second-order valence-electron chi connectivity index (χ2n) is 4.30. The van der Waals surface area contributed by atoms with Crippen LogP contribution >= 0.6 is 0 Å². The lowest BCUT2D eigenvalue weighted by molar-refractivity contribution is -0.146. The van der Waals surface area contributed by atoms with E-state index in [4.69, 9.17) is 4.74 Å². The minimum absolute atomic E-state index is 0.187. The summed E-state index contributed by atoms with van der Waals surface area (Å²) in [7, 11) is 0. The molecule has 4 nitrogen and oxygen atoms in total. The highest BCUT2D eigenvalue weighted by Crippen LogP contribution is 2.21. The molecule has 2 saturated heterocycles. The maximum absolute atomic E-state index is 12.1. The molecule has 1 N–H and O–H groups in total. The predicted molar refractivity (Wildman–Crippen MR) is 57.6 cm³/mol. The second kappa shape index (κ2) is 4.94. The normalized spacial score (nSPS) is 31.9. The Labute approximate surface area is 91.0 Å². The number of hydrogen-bond donors (Lipinski definition) is 1. The van der Waals surface area contributed by atoms with Gasteiger partial charge in [-0.25, -0.2) is 0 Å². The monoisotopic (exact) mass is 212 g/mol. The summed E-state index contributed by atoms with van der Waals surface area (Å²) in [4.78, 5) is 14.1. The SMILES string of the molecule is CCC1CCCN1C(=O)[C@H]1CNCCO1. The number of likely N-dealkylation sites (tertiary alicyclic amines) is 1. The van der Waals surface area contributed by atoms with E-state index >= 15 is 0 Å². The summed E-state index contributed by atoms with van der Waals surface area (Å²) >= 11 is 0. The van der Waals surface area contributed by atoms with E-state index in [2.05, 4.69) is 12.2 Å². The van der Waals surface area contributed by atoms with Gasteiger partial charge in [-0.1, -0.05) is 6.92 Å². The van der Waals surface area contributed by atoms with Crippen LogP contribution in [0, 0.1) is 0 Å². The molecule has 0 aromatic rings. The van der Waals surface area contributed by atoms with Gasteiger partial charge in [-0.2, -0.15) is 0 Å². The van der Waals surface area contributed by atoms with Crippen molar-refractivity contribution in [2.75, 3.05) is 26.2 Å². The zero-order chi connectivity index (χ0) is 10.7. The fourth-order valence-electron chi connectivity index (χ4n) is 2.46. The van der Waals surface area contributed by atoms with E-state index in [-0.39, 0.29) is 12.0 Å². The van der Waals surface area contributed by atoms with E-state index in [0.29, 0.717) is 19.2 Å². The van der Waals surface area contributed by atoms with E-state index < -0.39 is 0 Å². The van der Waals surface area contributed by atoms with Crippen molar-refractivity contribution in [3.8, 4) is 0 Å². The maximum Gasteiger partial charge on any atom is 0.253 e. The third-order valence-electron chi connectivity index (χ3n) is 3.33. The number of nitrogens with zero attached hydrogens (tertiary/aromatic N) is 1. The van der Waals surface area contributed by atoms with Gasteiger partial charge < -0.3 is 15.0 Å². The lowest BCUT2D eigenvalue weighted by Gasteiger charge is -2.30. The molecule has 2 rings (SSSR count). The lowest BCUT2D eigenvalue weighted by atomic mass is 10.1. The first-order valence-electron chi connectivity index (χ1n) is 5.95. The van der Waals surface area contributed by atoms with Crippen molar-refractivity contribution in [1.82, 2.24) is 10.2 Å². The molecule has 0 bridgehead atoms. The smallest absolute Gasteiger partial charge is 0.253 e. The van der Waals surface area contributed by atoms with E-state index in [0.717, 1.165) is 32.4 Å². The Bertz CT molecular complexity index is 227. The maximum atomic E-state index is 12.1. The van der Waals surface area contributed by atoms with Crippen molar-refractivity contribution < 1.29 is 9.53 Å². The number of hydrogen-bond acceptors (Lipinski definition) is 3. The van der Waals surface area contributed by atoms with Gasteiger partial charge in [0.15, 0.2) is 0 Å². The average Bonchev–Trinajstić information content (AvgIpc) is 2.77.